The molecule has 0 radical (unpaired) electrons. The maximum absolute atomic E-state index is 12.4. The summed E-state index contributed by atoms with van der Waals surface area (Å²) in [6.45, 7) is 8.38. The Kier molecular flexibility index (Phi) is 10.4. The van der Waals surface area contributed by atoms with E-state index in [1.807, 2.05) is 13.8 Å². The monoisotopic (exact) mass is 292 g/mol. The second-order valence-corrected chi connectivity index (χ2v) is 4.67. The Morgan fingerprint density at radius 3 is 1.65 bits per heavy atom. The number of aliphatic hydroxyl groups is 2. The topological polar surface area (TPSA) is 82.5 Å². The molecular formula is C13H28N2O5. The lowest BCUT2D eigenvalue weighted by Gasteiger charge is -2.31. The van der Waals surface area contributed by atoms with Gasteiger partial charge < -0.3 is 24.6 Å². The Bertz CT molecular complexity index is 243. The summed E-state index contributed by atoms with van der Waals surface area (Å²) >= 11 is 0. The number of hydrogen-bond acceptors (Lipinski definition) is 5. The Morgan fingerprint density at radius 2 is 1.35 bits per heavy atom. The van der Waals surface area contributed by atoms with Gasteiger partial charge in [-0.05, 0) is 27.7 Å². The molecule has 2 unspecified atom stereocenters. The van der Waals surface area contributed by atoms with Gasteiger partial charge in [0.1, 0.15) is 13.5 Å². The van der Waals surface area contributed by atoms with Crippen LogP contribution in [0.3, 0.4) is 0 Å². The smallest absolute Gasteiger partial charge is 0.323 e. The number of carbonyl (C=O) groups is 1. The van der Waals surface area contributed by atoms with Crippen LogP contribution in [0.1, 0.15) is 27.7 Å². The van der Waals surface area contributed by atoms with Crippen molar-refractivity contribution >= 4 is 6.03 Å². The van der Waals surface area contributed by atoms with Crippen LogP contribution in [0.5, 0.6) is 0 Å². The molecule has 0 saturated heterocycles. The summed E-state index contributed by atoms with van der Waals surface area (Å²) in [5.41, 5.74) is 0. The van der Waals surface area contributed by atoms with Crippen molar-refractivity contribution in [3.63, 3.8) is 0 Å². The van der Waals surface area contributed by atoms with Gasteiger partial charge in [0, 0.05) is 26.3 Å². The number of carbonyl (C=O) groups excluding carboxylic acids is 1. The van der Waals surface area contributed by atoms with Crippen molar-refractivity contribution in [1.82, 2.24) is 9.80 Å². The van der Waals surface area contributed by atoms with E-state index in [4.69, 9.17) is 9.47 Å². The summed E-state index contributed by atoms with van der Waals surface area (Å²) in [7, 11) is 0. The molecular weight excluding hydrogens is 264 g/mol. The van der Waals surface area contributed by atoms with Crippen LogP contribution >= 0.6 is 0 Å². The molecule has 0 aromatic heterocycles. The molecule has 0 rings (SSSR count). The van der Waals surface area contributed by atoms with Crippen molar-refractivity contribution in [1.29, 1.82) is 0 Å². The fraction of sp³-hybridized carbons (Fsp3) is 0.923. The van der Waals surface area contributed by atoms with Gasteiger partial charge in [-0.1, -0.05) is 0 Å². The summed E-state index contributed by atoms with van der Waals surface area (Å²) in [6.07, 6.45) is -1.34. The lowest BCUT2D eigenvalue weighted by Crippen LogP contribution is -2.49. The molecule has 0 bridgehead atoms. The van der Waals surface area contributed by atoms with E-state index in [1.54, 1.807) is 13.8 Å². The molecule has 0 saturated carbocycles. The van der Waals surface area contributed by atoms with Crippen LogP contribution in [-0.4, -0.2) is 78.0 Å². The molecule has 0 aromatic rings. The van der Waals surface area contributed by atoms with Crippen LogP contribution in [0.2, 0.25) is 0 Å². The average Bonchev–Trinajstić information content (AvgIpc) is 2.36. The third-order valence-corrected chi connectivity index (χ3v) is 2.41. The van der Waals surface area contributed by atoms with Gasteiger partial charge in [-0.3, -0.25) is 4.90 Å². The summed E-state index contributed by atoms with van der Waals surface area (Å²) in [6, 6.07) is -0.325. The van der Waals surface area contributed by atoms with Crippen molar-refractivity contribution < 1.29 is 24.5 Å². The fourth-order valence-corrected chi connectivity index (χ4v) is 1.62. The SMILES string of the molecule is CCOCN(COCC)C(=O)N(CC(C)O)CC(C)O. The van der Waals surface area contributed by atoms with Crippen molar-refractivity contribution in [2.24, 2.45) is 0 Å². The van der Waals surface area contributed by atoms with Gasteiger partial charge in [-0.15, -0.1) is 0 Å². The second kappa shape index (κ2) is 10.8. The maximum Gasteiger partial charge on any atom is 0.323 e. The Labute approximate surface area is 121 Å². The zero-order chi connectivity index (χ0) is 15.5. The van der Waals surface area contributed by atoms with Crippen LogP contribution in [0.15, 0.2) is 0 Å². The third-order valence-electron chi connectivity index (χ3n) is 2.41. The number of urea groups is 1. The van der Waals surface area contributed by atoms with E-state index < -0.39 is 12.2 Å². The Morgan fingerprint density at radius 1 is 0.950 bits per heavy atom. The van der Waals surface area contributed by atoms with Crippen LogP contribution in [0.4, 0.5) is 4.79 Å². The van der Waals surface area contributed by atoms with E-state index in [0.29, 0.717) is 13.2 Å². The molecule has 2 N–H and O–H groups in total. The molecule has 120 valence electrons. The Balaban J connectivity index is 4.72. The minimum atomic E-state index is -0.668. The van der Waals surface area contributed by atoms with E-state index in [1.165, 1.54) is 9.80 Å². The van der Waals surface area contributed by atoms with Crippen molar-refractivity contribution in [2.45, 2.75) is 39.9 Å². The van der Waals surface area contributed by atoms with Gasteiger partial charge in [-0.25, -0.2) is 4.79 Å². The predicted octanol–water partition coefficient (Wildman–Crippen LogP) is 0.460. The number of hydrogen-bond donors (Lipinski definition) is 2. The minimum absolute atomic E-state index is 0.117. The highest BCUT2D eigenvalue weighted by molar-refractivity contribution is 5.74. The van der Waals surface area contributed by atoms with Crippen molar-refractivity contribution in [3.05, 3.63) is 0 Å². The highest BCUT2D eigenvalue weighted by Crippen LogP contribution is 2.04. The van der Waals surface area contributed by atoms with Gasteiger partial charge in [0.15, 0.2) is 0 Å². The number of rotatable bonds is 10. The molecule has 7 nitrogen and oxygen atoms in total. The largest absolute Gasteiger partial charge is 0.392 e. The second-order valence-electron chi connectivity index (χ2n) is 4.67. The zero-order valence-corrected chi connectivity index (χ0v) is 12.9. The summed E-state index contributed by atoms with van der Waals surface area (Å²) < 4.78 is 10.5. The first-order valence-corrected chi connectivity index (χ1v) is 6.97. The molecule has 0 aromatic carbocycles. The zero-order valence-electron chi connectivity index (χ0n) is 12.9. The van der Waals surface area contributed by atoms with Crippen LogP contribution < -0.4 is 0 Å². The molecule has 2 amide bonds. The van der Waals surface area contributed by atoms with Gasteiger partial charge in [0.25, 0.3) is 0 Å². The number of nitrogens with zero attached hydrogens (tertiary/aromatic N) is 2. The van der Waals surface area contributed by atoms with Gasteiger partial charge in [0.2, 0.25) is 0 Å². The normalized spacial score (nSPS) is 13.9. The number of aliphatic hydroxyl groups excluding tert-OH is 2. The van der Waals surface area contributed by atoms with Gasteiger partial charge >= 0.3 is 6.03 Å². The van der Waals surface area contributed by atoms with E-state index in [2.05, 4.69) is 0 Å². The van der Waals surface area contributed by atoms with Crippen molar-refractivity contribution in [3.8, 4) is 0 Å². The summed E-state index contributed by atoms with van der Waals surface area (Å²) in [5, 5.41) is 18.9. The van der Waals surface area contributed by atoms with Crippen LogP contribution in [-0.2, 0) is 9.47 Å². The molecule has 0 heterocycles. The third kappa shape index (κ3) is 8.31. The van der Waals surface area contributed by atoms with Gasteiger partial charge in [-0.2, -0.15) is 0 Å². The summed E-state index contributed by atoms with van der Waals surface area (Å²) in [4.78, 5) is 15.2. The predicted molar refractivity (Wildman–Crippen MR) is 75.2 cm³/mol. The fourth-order valence-electron chi connectivity index (χ4n) is 1.62. The molecule has 0 aliphatic rings. The first-order chi connectivity index (χ1) is 9.42. The van der Waals surface area contributed by atoms with E-state index in [-0.39, 0.29) is 32.6 Å². The molecule has 0 spiro atoms. The van der Waals surface area contributed by atoms with Crippen molar-refractivity contribution in [2.75, 3.05) is 39.8 Å². The maximum atomic E-state index is 12.4. The minimum Gasteiger partial charge on any atom is -0.392 e. The molecule has 2 atom stereocenters. The first kappa shape index (κ1) is 19.1. The average molecular weight is 292 g/mol. The van der Waals surface area contributed by atoms with E-state index >= 15 is 0 Å². The van der Waals surface area contributed by atoms with E-state index in [9.17, 15) is 15.0 Å². The van der Waals surface area contributed by atoms with Gasteiger partial charge in [0.05, 0.1) is 12.2 Å². The highest BCUT2D eigenvalue weighted by Gasteiger charge is 2.23. The lowest BCUT2D eigenvalue weighted by atomic mass is 10.3. The molecule has 0 fully saturated rings. The molecule has 0 aliphatic heterocycles. The first-order valence-electron chi connectivity index (χ1n) is 6.97. The number of amides is 2. The highest BCUT2D eigenvalue weighted by atomic mass is 16.5. The summed E-state index contributed by atoms with van der Waals surface area (Å²) in [5.74, 6) is 0. The molecule has 7 heteroatoms. The van der Waals surface area contributed by atoms with E-state index in [0.717, 1.165) is 0 Å². The standard InChI is InChI=1S/C13H28N2O5/c1-5-19-9-15(10-20-6-2)13(18)14(7-11(3)16)8-12(4)17/h11-12,16-17H,5-10H2,1-4H3. The number of ether oxygens (including phenoxy) is 2. The Hall–Kier alpha value is -0.890. The molecule has 0 aliphatic carbocycles. The van der Waals surface area contributed by atoms with Crippen LogP contribution in [0.25, 0.3) is 0 Å². The van der Waals surface area contributed by atoms with Crippen LogP contribution in [0, 0.1) is 0 Å². The molecule has 20 heavy (non-hydrogen) atoms. The lowest BCUT2D eigenvalue weighted by molar-refractivity contribution is -0.0277. The quantitative estimate of drug-likeness (QED) is 0.572.